The molecule has 2 aliphatic rings. The van der Waals surface area contributed by atoms with Crippen LogP contribution in [-0.4, -0.2) is 55.0 Å². The Morgan fingerprint density at radius 2 is 1.81 bits per heavy atom. The van der Waals surface area contributed by atoms with Crippen LogP contribution >= 0.6 is 0 Å². The molecule has 0 radical (unpaired) electrons. The molecule has 1 aromatic carbocycles. The number of nitrogens with zero attached hydrogens (tertiary/aromatic N) is 2. The molecular weight excluding hydrogens is 264 g/mol. The predicted molar refractivity (Wildman–Crippen MR) is 82.3 cm³/mol. The molecule has 21 heavy (non-hydrogen) atoms. The lowest BCUT2D eigenvalue weighted by molar-refractivity contribution is -0.133. The lowest BCUT2D eigenvalue weighted by Gasteiger charge is -2.34. The van der Waals surface area contributed by atoms with E-state index in [4.69, 9.17) is 4.74 Å². The molecule has 0 N–H and O–H groups in total. The van der Waals surface area contributed by atoms with E-state index in [1.54, 1.807) is 0 Å². The Bertz CT molecular complexity index is 451. The van der Waals surface area contributed by atoms with Crippen LogP contribution < -0.4 is 4.74 Å². The molecule has 0 atom stereocenters. The Labute approximate surface area is 126 Å². The van der Waals surface area contributed by atoms with E-state index in [-0.39, 0.29) is 5.91 Å². The van der Waals surface area contributed by atoms with Gasteiger partial charge in [0.15, 0.2) is 0 Å². The molecule has 1 aliphatic heterocycles. The second kappa shape index (κ2) is 6.94. The standard InChI is InChI=1S/C17H24N2O2/c20-17(8-13-21-16-4-2-1-3-5-16)19-11-9-18(10-12-19)14-15-6-7-15/h1-5,15H,6-14H2. The molecule has 0 bridgehead atoms. The highest BCUT2D eigenvalue weighted by molar-refractivity contribution is 5.76. The first-order valence-corrected chi connectivity index (χ1v) is 7.99. The zero-order valence-corrected chi connectivity index (χ0v) is 12.5. The third-order valence-electron chi connectivity index (χ3n) is 4.27. The quantitative estimate of drug-likeness (QED) is 0.803. The fourth-order valence-electron chi connectivity index (χ4n) is 2.78. The van der Waals surface area contributed by atoms with Crippen LogP contribution in [0.15, 0.2) is 30.3 Å². The number of rotatable bonds is 6. The average molecular weight is 288 g/mol. The van der Waals surface area contributed by atoms with Gasteiger partial charge in [-0.2, -0.15) is 0 Å². The molecular formula is C17H24N2O2. The summed E-state index contributed by atoms with van der Waals surface area (Å²) in [6.07, 6.45) is 3.27. The van der Waals surface area contributed by atoms with Crippen LogP contribution in [0.2, 0.25) is 0 Å². The molecule has 4 heteroatoms. The summed E-state index contributed by atoms with van der Waals surface area (Å²) in [7, 11) is 0. The van der Waals surface area contributed by atoms with E-state index in [1.807, 2.05) is 35.2 Å². The van der Waals surface area contributed by atoms with Gasteiger partial charge in [-0.1, -0.05) is 18.2 Å². The van der Waals surface area contributed by atoms with E-state index in [2.05, 4.69) is 4.90 Å². The van der Waals surface area contributed by atoms with Gasteiger partial charge in [-0.05, 0) is 30.9 Å². The van der Waals surface area contributed by atoms with E-state index in [9.17, 15) is 4.79 Å². The molecule has 0 spiro atoms. The first-order valence-electron chi connectivity index (χ1n) is 7.99. The van der Waals surface area contributed by atoms with Crippen molar-refractivity contribution in [1.82, 2.24) is 9.80 Å². The van der Waals surface area contributed by atoms with Gasteiger partial charge < -0.3 is 9.64 Å². The summed E-state index contributed by atoms with van der Waals surface area (Å²) in [5, 5.41) is 0. The second-order valence-corrected chi connectivity index (χ2v) is 6.04. The van der Waals surface area contributed by atoms with Crippen molar-refractivity contribution < 1.29 is 9.53 Å². The Morgan fingerprint density at radius 1 is 1.10 bits per heavy atom. The first-order chi connectivity index (χ1) is 10.3. The number of piperazine rings is 1. The van der Waals surface area contributed by atoms with E-state index in [0.29, 0.717) is 13.0 Å². The lowest BCUT2D eigenvalue weighted by atomic mass is 10.2. The van der Waals surface area contributed by atoms with Gasteiger partial charge in [-0.3, -0.25) is 9.69 Å². The molecule has 1 saturated carbocycles. The number of hydrogen-bond acceptors (Lipinski definition) is 3. The summed E-state index contributed by atoms with van der Waals surface area (Å²) in [6, 6.07) is 9.67. The van der Waals surface area contributed by atoms with Gasteiger partial charge in [0.25, 0.3) is 0 Å². The summed E-state index contributed by atoms with van der Waals surface area (Å²) in [6.45, 7) is 5.50. The molecule has 4 nitrogen and oxygen atoms in total. The third kappa shape index (κ3) is 4.46. The number of ether oxygens (including phenoxy) is 1. The van der Waals surface area contributed by atoms with Gasteiger partial charge in [-0.15, -0.1) is 0 Å². The Kier molecular flexibility index (Phi) is 4.76. The van der Waals surface area contributed by atoms with Crippen LogP contribution in [0, 0.1) is 5.92 Å². The molecule has 1 saturated heterocycles. The van der Waals surface area contributed by atoms with Crippen LogP contribution in [0.1, 0.15) is 19.3 Å². The van der Waals surface area contributed by atoms with Crippen molar-refractivity contribution in [3.05, 3.63) is 30.3 Å². The normalized spacial score (nSPS) is 19.5. The van der Waals surface area contributed by atoms with Crippen molar-refractivity contribution in [2.75, 3.05) is 39.3 Å². The number of carbonyl (C=O) groups is 1. The molecule has 0 unspecified atom stereocenters. The molecule has 1 heterocycles. The van der Waals surface area contributed by atoms with E-state index >= 15 is 0 Å². The number of para-hydroxylation sites is 1. The minimum absolute atomic E-state index is 0.219. The van der Waals surface area contributed by atoms with Crippen molar-refractivity contribution >= 4 is 5.91 Å². The minimum atomic E-state index is 0.219. The largest absolute Gasteiger partial charge is 0.493 e. The highest BCUT2D eigenvalue weighted by Crippen LogP contribution is 2.29. The molecule has 1 amide bonds. The summed E-state index contributed by atoms with van der Waals surface area (Å²) >= 11 is 0. The SMILES string of the molecule is O=C(CCOc1ccccc1)N1CCN(CC2CC2)CC1. The molecule has 0 aromatic heterocycles. The van der Waals surface area contributed by atoms with Crippen LogP contribution in [0.5, 0.6) is 5.75 Å². The molecule has 1 aromatic rings. The van der Waals surface area contributed by atoms with Gasteiger partial charge in [0.05, 0.1) is 13.0 Å². The van der Waals surface area contributed by atoms with Gasteiger partial charge in [0.1, 0.15) is 5.75 Å². The highest BCUT2D eigenvalue weighted by Gasteiger charge is 2.27. The maximum atomic E-state index is 12.2. The molecule has 1 aliphatic carbocycles. The van der Waals surface area contributed by atoms with Crippen molar-refractivity contribution in [2.24, 2.45) is 5.92 Å². The smallest absolute Gasteiger partial charge is 0.226 e. The number of amides is 1. The Hall–Kier alpha value is -1.55. The third-order valence-corrected chi connectivity index (χ3v) is 4.27. The van der Waals surface area contributed by atoms with Gasteiger partial charge in [0.2, 0.25) is 5.91 Å². The van der Waals surface area contributed by atoms with Crippen molar-refractivity contribution in [3.63, 3.8) is 0 Å². The average Bonchev–Trinajstić information content (AvgIpc) is 3.33. The maximum absolute atomic E-state index is 12.2. The summed E-state index contributed by atoms with van der Waals surface area (Å²) < 4.78 is 5.59. The van der Waals surface area contributed by atoms with Crippen molar-refractivity contribution in [1.29, 1.82) is 0 Å². The minimum Gasteiger partial charge on any atom is -0.493 e. The summed E-state index contributed by atoms with van der Waals surface area (Å²) in [5.74, 6) is 1.99. The van der Waals surface area contributed by atoms with Crippen molar-refractivity contribution in [2.45, 2.75) is 19.3 Å². The fraction of sp³-hybridized carbons (Fsp3) is 0.588. The van der Waals surface area contributed by atoms with Crippen molar-refractivity contribution in [3.8, 4) is 5.75 Å². The molecule has 3 rings (SSSR count). The zero-order chi connectivity index (χ0) is 14.5. The highest BCUT2D eigenvalue weighted by atomic mass is 16.5. The molecule has 2 fully saturated rings. The second-order valence-electron chi connectivity index (χ2n) is 6.04. The topological polar surface area (TPSA) is 32.8 Å². The molecule has 114 valence electrons. The van der Waals surface area contributed by atoms with Crippen LogP contribution in [0.25, 0.3) is 0 Å². The number of carbonyl (C=O) groups excluding carboxylic acids is 1. The number of hydrogen-bond donors (Lipinski definition) is 0. The maximum Gasteiger partial charge on any atom is 0.226 e. The summed E-state index contributed by atoms with van der Waals surface area (Å²) in [5.41, 5.74) is 0. The fourth-order valence-corrected chi connectivity index (χ4v) is 2.78. The zero-order valence-electron chi connectivity index (χ0n) is 12.5. The van der Waals surface area contributed by atoms with Crippen LogP contribution in [-0.2, 0) is 4.79 Å². The van der Waals surface area contributed by atoms with Gasteiger partial charge >= 0.3 is 0 Å². The van der Waals surface area contributed by atoms with E-state index in [1.165, 1.54) is 19.4 Å². The Balaban J connectivity index is 1.34. The monoisotopic (exact) mass is 288 g/mol. The van der Waals surface area contributed by atoms with Crippen LogP contribution in [0.4, 0.5) is 0 Å². The summed E-state index contributed by atoms with van der Waals surface area (Å²) in [4.78, 5) is 16.6. The van der Waals surface area contributed by atoms with Gasteiger partial charge in [-0.25, -0.2) is 0 Å². The van der Waals surface area contributed by atoms with Gasteiger partial charge in [0, 0.05) is 32.7 Å². The van der Waals surface area contributed by atoms with E-state index < -0.39 is 0 Å². The lowest BCUT2D eigenvalue weighted by Crippen LogP contribution is -2.49. The van der Waals surface area contributed by atoms with E-state index in [0.717, 1.165) is 37.8 Å². The van der Waals surface area contributed by atoms with Crippen LogP contribution in [0.3, 0.4) is 0 Å². The number of benzene rings is 1. The Morgan fingerprint density at radius 3 is 2.48 bits per heavy atom. The first kappa shape index (κ1) is 14.4. The predicted octanol–water partition coefficient (Wildman–Crippen LogP) is 2.01.